The summed E-state index contributed by atoms with van der Waals surface area (Å²) in [6.45, 7) is 1.76. The Morgan fingerprint density at radius 3 is 2.79 bits per heavy atom. The maximum absolute atomic E-state index is 11.3. The smallest absolute Gasteiger partial charge is 0.337 e. The van der Waals surface area contributed by atoms with Gasteiger partial charge in [0.05, 0.1) is 16.9 Å². The van der Waals surface area contributed by atoms with E-state index in [1.165, 1.54) is 23.4 Å². The first-order valence-electron chi connectivity index (χ1n) is 5.28. The molecule has 0 aliphatic carbocycles. The largest absolute Gasteiger partial charge is 0.478 e. The molecule has 0 aliphatic heterocycles. The Morgan fingerprint density at radius 1 is 1.53 bits per heavy atom. The molecule has 0 bridgehead atoms. The number of carbonyl (C=O) groups is 1. The fraction of sp³-hybridized carbons (Fsp3) is 0.0909. The van der Waals surface area contributed by atoms with Gasteiger partial charge in [0, 0.05) is 0 Å². The van der Waals surface area contributed by atoms with Crippen LogP contribution < -0.4 is 11.1 Å². The summed E-state index contributed by atoms with van der Waals surface area (Å²) in [5, 5.41) is 15.9. The van der Waals surface area contributed by atoms with Crippen molar-refractivity contribution in [1.29, 1.82) is 0 Å². The van der Waals surface area contributed by atoms with Gasteiger partial charge in [0.1, 0.15) is 12.7 Å². The fourth-order valence-electron chi connectivity index (χ4n) is 1.70. The van der Waals surface area contributed by atoms with Crippen LogP contribution in [0, 0.1) is 6.92 Å². The van der Waals surface area contributed by atoms with Crippen molar-refractivity contribution in [2.24, 2.45) is 5.73 Å². The first-order valence-corrected chi connectivity index (χ1v) is 5.69. The Morgan fingerprint density at radius 2 is 2.26 bits per heavy atom. The molecule has 0 spiro atoms. The molecule has 98 valence electrons. The van der Waals surface area contributed by atoms with Gasteiger partial charge in [-0.2, -0.15) is 5.10 Å². The lowest BCUT2D eigenvalue weighted by Crippen LogP contribution is -2.21. The quantitative estimate of drug-likeness (QED) is 0.716. The van der Waals surface area contributed by atoms with E-state index in [1.807, 2.05) is 0 Å². The van der Waals surface area contributed by atoms with Crippen molar-refractivity contribution in [3.05, 3.63) is 35.9 Å². The van der Waals surface area contributed by atoms with E-state index < -0.39 is 5.97 Å². The van der Waals surface area contributed by atoms with Crippen molar-refractivity contribution < 1.29 is 9.90 Å². The van der Waals surface area contributed by atoms with Gasteiger partial charge in [-0.05, 0) is 36.8 Å². The maximum Gasteiger partial charge on any atom is 0.337 e. The number of aromatic nitrogens is 3. The van der Waals surface area contributed by atoms with Gasteiger partial charge < -0.3 is 16.2 Å². The van der Waals surface area contributed by atoms with Gasteiger partial charge in [-0.25, -0.2) is 14.5 Å². The molecule has 19 heavy (non-hydrogen) atoms. The number of hydrogen-bond donors (Lipinski definition) is 3. The summed E-state index contributed by atoms with van der Waals surface area (Å²) in [6.07, 6.45) is 2.86. The summed E-state index contributed by atoms with van der Waals surface area (Å²) >= 11 is 4.74. The Labute approximate surface area is 114 Å². The van der Waals surface area contributed by atoms with Crippen LogP contribution in [0.5, 0.6) is 0 Å². The van der Waals surface area contributed by atoms with Gasteiger partial charge in [0.25, 0.3) is 0 Å². The molecule has 1 aromatic heterocycles. The van der Waals surface area contributed by atoms with E-state index in [4.69, 9.17) is 18.0 Å². The van der Waals surface area contributed by atoms with Crippen LogP contribution in [0.3, 0.4) is 0 Å². The molecule has 0 unspecified atom stereocenters. The van der Waals surface area contributed by atoms with E-state index >= 15 is 0 Å². The molecule has 8 heteroatoms. The predicted molar refractivity (Wildman–Crippen MR) is 73.5 cm³/mol. The van der Waals surface area contributed by atoms with Gasteiger partial charge >= 0.3 is 5.97 Å². The van der Waals surface area contributed by atoms with Crippen molar-refractivity contribution >= 4 is 29.0 Å². The second-order valence-corrected chi connectivity index (χ2v) is 4.26. The number of carboxylic acid groups (broad SMARTS) is 1. The maximum atomic E-state index is 11.3. The fourth-order valence-corrected chi connectivity index (χ4v) is 1.80. The average Bonchev–Trinajstić information content (AvgIpc) is 2.84. The Kier molecular flexibility index (Phi) is 3.43. The Hall–Kier alpha value is -2.48. The van der Waals surface area contributed by atoms with Crippen molar-refractivity contribution in [2.45, 2.75) is 6.92 Å². The normalized spacial score (nSPS) is 10.2. The standard InChI is InChI=1S/C11H11N5O2S/c1-6-2-7(16-5-13-4-14-16)3-8(10(17)18)9(6)15-11(12)19/h2-5H,1H3,(H,17,18)(H3,12,15,19). The first-order chi connectivity index (χ1) is 8.99. The average molecular weight is 277 g/mol. The molecule has 1 aromatic carbocycles. The summed E-state index contributed by atoms with van der Waals surface area (Å²) in [5.74, 6) is -1.08. The van der Waals surface area contributed by atoms with Gasteiger partial charge in [0.15, 0.2) is 5.11 Å². The van der Waals surface area contributed by atoms with Crippen molar-refractivity contribution in [3.8, 4) is 5.69 Å². The van der Waals surface area contributed by atoms with Crippen LogP contribution in [0.1, 0.15) is 15.9 Å². The van der Waals surface area contributed by atoms with Gasteiger partial charge in [-0.1, -0.05) is 0 Å². The summed E-state index contributed by atoms with van der Waals surface area (Å²) in [6, 6.07) is 3.24. The molecular formula is C11H11N5O2S. The van der Waals surface area contributed by atoms with Crippen molar-refractivity contribution in [1.82, 2.24) is 14.8 Å². The second kappa shape index (κ2) is 5.02. The molecule has 0 amide bonds. The van der Waals surface area contributed by atoms with E-state index in [2.05, 4.69) is 15.4 Å². The highest BCUT2D eigenvalue weighted by Crippen LogP contribution is 2.24. The molecule has 0 saturated carbocycles. The van der Waals surface area contributed by atoms with Crippen LogP contribution >= 0.6 is 12.2 Å². The van der Waals surface area contributed by atoms with Crippen LogP contribution in [0.15, 0.2) is 24.8 Å². The summed E-state index contributed by atoms with van der Waals surface area (Å²) in [7, 11) is 0. The SMILES string of the molecule is Cc1cc(-n2cncn2)cc(C(=O)O)c1NC(N)=S. The van der Waals surface area contributed by atoms with Crippen LogP contribution in [0.25, 0.3) is 5.69 Å². The number of carboxylic acids is 1. The molecule has 1 heterocycles. The van der Waals surface area contributed by atoms with Gasteiger partial charge in [0.2, 0.25) is 0 Å². The third-order valence-electron chi connectivity index (χ3n) is 2.48. The highest BCUT2D eigenvalue weighted by atomic mass is 32.1. The van der Waals surface area contributed by atoms with Gasteiger partial charge in [-0.3, -0.25) is 0 Å². The summed E-state index contributed by atoms with van der Waals surface area (Å²) in [5.41, 5.74) is 7.13. The molecule has 2 aromatic rings. The van der Waals surface area contributed by atoms with Crippen LogP contribution in [-0.2, 0) is 0 Å². The van der Waals surface area contributed by atoms with Crippen LogP contribution in [0.2, 0.25) is 0 Å². The monoisotopic (exact) mass is 277 g/mol. The molecule has 4 N–H and O–H groups in total. The third kappa shape index (κ3) is 2.68. The number of nitrogens with one attached hydrogen (secondary N) is 1. The number of hydrogen-bond acceptors (Lipinski definition) is 4. The predicted octanol–water partition coefficient (Wildman–Crippen LogP) is 0.929. The zero-order valence-corrected chi connectivity index (χ0v) is 10.8. The molecule has 0 aliphatic rings. The summed E-state index contributed by atoms with van der Waals surface area (Å²) < 4.78 is 1.48. The number of aryl methyl sites for hydroxylation is 1. The number of aromatic carboxylic acids is 1. The highest BCUT2D eigenvalue weighted by Gasteiger charge is 2.15. The van der Waals surface area contributed by atoms with Crippen LogP contribution in [0.4, 0.5) is 5.69 Å². The molecule has 0 atom stereocenters. The van der Waals surface area contributed by atoms with Gasteiger partial charge in [-0.15, -0.1) is 0 Å². The highest BCUT2D eigenvalue weighted by molar-refractivity contribution is 7.80. The minimum Gasteiger partial charge on any atom is -0.478 e. The topological polar surface area (TPSA) is 106 Å². The third-order valence-corrected chi connectivity index (χ3v) is 2.58. The number of anilines is 1. The first kappa shape index (κ1) is 13.0. The molecule has 7 nitrogen and oxygen atoms in total. The minimum absolute atomic E-state index is 0.0131. The molecular weight excluding hydrogens is 266 g/mol. The molecule has 0 saturated heterocycles. The second-order valence-electron chi connectivity index (χ2n) is 3.82. The van der Waals surface area contributed by atoms with Crippen LogP contribution in [-0.4, -0.2) is 31.0 Å². The lowest BCUT2D eigenvalue weighted by molar-refractivity contribution is 0.0698. The number of rotatable bonds is 3. The minimum atomic E-state index is -1.08. The van der Waals surface area contributed by atoms with E-state index in [0.29, 0.717) is 16.9 Å². The van der Waals surface area contributed by atoms with E-state index in [9.17, 15) is 9.90 Å². The number of benzene rings is 1. The molecule has 0 radical (unpaired) electrons. The zero-order valence-electron chi connectivity index (χ0n) is 9.99. The van der Waals surface area contributed by atoms with E-state index in [-0.39, 0.29) is 10.7 Å². The molecule has 0 fully saturated rings. The van der Waals surface area contributed by atoms with E-state index in [0.717, 1.165) is 0 Å². The number of nitrogens with two attached hydrogens (primary N) is 1. The lowest BCUT2D eigenvalue weighted by Gasteiger charge is -2.13. The van der Waals surface area contributed by atoms with Crippen molar-refractivity contribution in [2.75, 3.05) is 5.32 Å². The number of nitrogens with zero attached hydrogens (tertiary/aromatic N) is 3. The zero-order chi connectivity index (χ0) is 14.0. The lowest BCUT2D eigenvalue weighted by atomic mass is 10.1. The Balaban J connectivity index is 2.58. The van der Waals surface area contributed by atoms with E-state index in [1.54, 1.807) is 13.0 Å². The molecule has 2 rings (SSSR count). The summed E-state index contributed by atoms with van der Waals surface area (Å²) in [4.78, 5) is 15.1. The number of thiocarbonyl (C=S) groups is 1. The van der Waals surface area contributed by atoms with Crippen molar-refractivity contribution in [3.63, 3.8) is 0 Å². The Bertz CT molecular complexity index is 639.